The number of rotatable bonds is 9. The molecule has 0 bridgehead atoms. The van der Waals surface area contributed by atoms with Gasteiger partial charge >= 0.3 is 0 Å². The average Bonchev–Trinajstić information content (AvgIpc) is 2.61. The van der Waals surface area contributed by atoms with E-state index in [0.29, 0.717) is 5.75 Å². The maximum atomic E-state index is 9.56. The van der Waals surface area contributed by atoms with Crippen molar-refractivity contribution in [1.29, 1.82) is 0 Å². The minimum absolute atomic E-state index is 0.192. The van der Waals surface area contributed by atoms with Crippen LogP contribution in [-0.2, 0) is 6.42 Å². The summed E-state index contributed by atoms with van der Waals surface area (Å²) in [4.78, 5) is 0. The van der Waals surface area contributed by atoms with Crippen LogP contribution in [0.25, 0.3) is 0 Å². The molecule has 25 heavy (non-hydrogen) atoms. The van der Waals surface area contributed by atoms with Crippen molar-refractivity contribution in [3.63, 3.8) is 0 Å². The van der Waals surface area contributed by atoms with Crippen molar-refractivity contribution in [2.24, 2.45) is 0 Å². The van der Waals surface area contributed by atoms with Crippen LogP contribution in [0.5, 0.6) is 11.5 Å². The zero-order valence-corrected chi connectivity index (χ0v) is 14.4. The van der Waals surface area contributed by atoms with E-state index in [1.54, 1.807) is 6.92 Å². The molecule has 0 saturated carbocycles. The summed E-state index contributed by atoms with van der Waals surface area (Å²) >= 11 is 0. The standard InChI is InChI=1S/C21H24O4/c1-3-4-19(23)15-25-21-11-7-18(8-12-21)13-17-5-9-20(10-6-17)24-14-16(2)22/h1,5-12,16,19,22-23H,4,13-15H2,2H3. The van der Waals surface area contributed by atoms with Crippen molar-refractivity contribution in [3.05, 3.63) is 59.7 Å². The summed E-state index contributed by atoms with van der Waals surface area (Å²) in [5.74, 6) is 3.86. The number of benzene rings is 2. The fourth-order valence-corrected chi connectivity index (χ4v) is 2.25. The lowest BCUT2D eigenvalue weighted by Crippen LogP contribution is -2.16. The van der Waals surface area contributed by atoms with Crippen LogP contribution < -0.4 is 9.47 Å². The largest absolute Gasteiger partial charge is 0.491 e. The van der Waals surface area contributed by atoms with E-state index in [0.717, 1.165) is 17.7 Å². The number of aliphatic hydroxyl groups excluding tert-OH is 2. The van der Waals surface area contributed by atoms with Gasteiger partial charge in [-0.1, -0.05) is 24.3 Å². The third kappa shape index (κ3) is 6.88. The highest BCUT2D eigenvalue weighted by Gasteiger charge is 2.04. The smallest absolute Gasteiger partial charge is 0.119 e. The van der Waals surface area contributed by atoms with E-state index in [-0.39, 0.29) is 19.6 Å². The summed E-state index contributed by atoms with van der Waals surface area (Å²) in [5, 5.41) is 18.8. The van der Waals surface area contributed by atoms with E-state index < -0.39 is 12.2 Å². The molecule has 4 heteroatoms. The Morgan fingerprint density at radius 2 is 1.36 bits per heavy atom. The highest BCUT2D eigenvalue weighted by Crippen LogP contribution is 2.18. The molecule has 0 amide bonds. The normalized spacial score (nSPS) is 12.9. The first-order valence-electron chi connectivity index (χ1n) is 8.30. The van der Waals surface area contributed by atoms with Crippen LogP contribution in [0, 0.1) is 12.3 Å². The fourth-order valence-electron chi connectivity index (χ4n) is 2.25. The molecule has 0 aliphatic carbocycles. The van der Waals surface area contributed by atoms with Gasteiger partial charge in [-0.3, -0.25) is 0 Å². The summed E-state index contributed by atoms with van der Waals surface area (Å²) in [6, 6.07) is 15.6. The molecule has 2 atom stereocenters. The zero-order valence-electron chi connectivity index (χ0n) is 14.4. The van der Waals surface area contributed by atoms with Crippen LogP contribution in [-0.4, -0.2) is 35.6 Å². The van der Waals surface area contributed by atoms with Gasteiger partial charge in [0.2, 0.25) is 0 Å². The van der Waals surface area contributed by atoms with E-state index >= 15 is 0 Å². The van der Waals surface area contributed by atoms with Gasteiger partial charge < -0.3 is 19.7 Å². The molecule has 0 aromatic heterocycles. The van der Waals surface area contributed by atoms with Crippen molar-refractivity contribution >= 4 is 0 Å². The molecule has 4 nitrogen and oxygen atoms in total. The molecule has 132 valence electrons. The quantitative estimate of drug-likeness (QED) is 0.689. The SMILES string of the molecule is C#CCC(O)COc1ccc(Cc2ccc(OCC(C)O)cc2)cc1. The third-order valence-corrected chi connectivity index (χ3v) is 3.54. The Morgan fingerprint density at radius 1 is 0.880 bits per heavy atom. The Hall–Kier alpha value is -2.48. The monoisotopic (exact) mass is 340 g/mol. The van der Waals surface area contributed by atoms with Crippen LogP contribution in [0.2, 0.25) is 0 Å². The van der Waals surface area contributed by atoms with Gasteiger partial charge in [0, 0.05) is 6.42 Å². The van der Waals surface area contributed by atoms with E-state index in [4.69, 9.17) is 15.9 Å². The van der Waals surface area contributed by atoms with Crippen LogP contribution in [0.1, 0.15) is 24.5 Å². The van der Waals surface area contributed by atoms with Crippen molar-refractivity contribution < 1.29 is 19.7 Å². The molecule has 2 aromatic rings. The molecule has 2 rings (SSSR count). The molecular formula is C21H24O4. The van der Waals surface area contributed by atoms with E-state index in [1.165, 1.54) is 5.56 Å². The Kier molecular flexibility index (Phi) is 7.34. The molecule has 0 heterocycles. The number of terminal acetylenes is 1. The number of hydrogen-bond acceptors (Lipinski definition) is 4. The molecule has 0 saturated heterocycles. The van der Waals surface area contributed by atoms with E-state index in [9.17, 15) is 10.2 Å². The van der Waals surface area contributed by atoms with Gasteiger partial charge in [-0.2, -0.15) is 0 Å². The highest BCUT2D eigenvalue weighted by atomic mass is 16.5. The van der Waals surface area contributed by atoms with Crippen molar-refractivity contribution in [3.8, 4) is 23.8 Å². The number of ether oxygens (including phenoxy) is 2. The van der Waals surface area contributed by atoms with Gasteiger partial charge in [0.15, 0.2) is 0 Å². The lowest BCUT2D eigenvalue weighted by atomic mass is 10.0. The molecule has 0 spiro atoms. The van der Waals surface area contributed by atoms with Crippen molar-refractivity contribution in [2.45, 2.75) is 32.0 Å². The second-order valence-corrected chi connectivity index (χ2v) is 6.00. The Labute approximate surface area is 149 Å². The summed E-state index contributed by atoms with van der Waals surface area (Å²) in [5.41, 5.74) is 2.33. The highest BCUT2D eigenvalue weighted by molar-refractivity contribution is 5.34. The summed E-state index contributed by atoms with van der Waals surface area (Å²) in [6.07, 6.45) is 5.12. The second-order valence-electron chi connectivity index (χ2n) is 6.00. The van der Waals surface area contributed by atoms with Gasteiger partial charge in [0.1, 0.15) is 24.7 Å². The lowest BCUT2D eigenvalue weighted by molar-refractivity contribution is 0.111. The van der Waals surface area contributed by atoms with Gasteiger partial charge in [0.25, 0.3) is 0 Å². The number of aliphatic hydroxyl groups is 2. The molecule has 0 aliphatic heterocycles. The Bertz CT molecular complexity index is 669. The molecule has 2 unspecified atom stereocenters. The van der Waals surface area contributed by atoms with Crippen molar-refractivity contribution in [1.82, 2.24) is 0 Å². The molecule has 2 N–H and O–H groups in total. The van der Waals surface area contributed by atoms with Gasteiger partial charge in [-0.25, -0.2) is 0 Å². The molecule has 0 fully saturated rings. The number of hydrogen-bond donors (Lipinski definition) is 2. The van der Waals surface area contributed by atoms with E-state index in [2.05, 4.69) is 5.92 Å². The van der Waals surface area contributed by atoms with Gasteiger partial charge in [-0.05, 0) is 48.7 Å². The first-order chi connectivity index (χ1) is 12.1. The summed E-state index contributed by atoms with van der Waals surface area (Å²) in [6.45, 7) is 2.17. The minimum Gasteiger partial charge on any atom is -0.491 e. The van der Waals surface area contributed by atoms with Crippen LogP contribution >= 0.6 is 0 Å². The Morgan fingerprint density at radius 3 is 1.80 bits per heavy atom. The van der Waals surface area contributed by atoms with Gasteiger partial charge in [0.05, 0.1) is 12.2 Å². The van der Waals surface area contributed by atoms with Crippen molar-refractivity contribution in [2.75, 3.05) is 13.2 Å². The predicted molar refractivity (Wildman–Crippen MR) is 97.8 cm³/mol. The van der Waals surface area contributed by atoms with Crippen LogP contribution in [0.3, 0.4) is 0 Å². The third-order valence-electron chi connectivity index (χ3n) is 3.54. The maximum absolute atomic E-state index is 9.56. The molecule has 0 radical (unpaired) electrons. The van der Waals surface area contributed by atoms with E-state index in [1.807, 2.05) is 48.5 Å². The topological polar surface area (TPSA) is 58.9 Å². The van der Waals surface area contributed by atoms with Crippen LogP contribution in [0.15, 0.2) is 48.5 Å². The summed E-state index contributed by atoms with van der Waals surface area (Å²) in [7, 11) is 0. The zero-order chi connectivity index (χ0) is 18.1. The first-order valence-corrected chi connectivity index (χ1v) is 8.30. The fraction of sp³-hybridized carbons (Fsp3) is 0.333. The lowest BCUT2D eigenvalue weighted by Gasteiger charge is -2.11. The maximum Gasteiger partial charge on any atom is 0.119 e. The predicted octanol–water partition coefficient (Wildman–Crippen LogP) is 2.80. The van der Waals surface area contributed by atoms with Crippen LogP contribution in [0.4, 0.5) is 0 Å². The second kappa shape index (κ2) is 9.73. The first kappa shape index (κ1) is 18.9. The average molecular weight is 340 g/mol. The molecular weight excluding hydrogens is 316 g/mol. The van der Waals surface area contributed by atoms with Gasteiger partial charge in [-0.15, -0.1) is 12.3 Å². The Balaban J connectivity index is 1.85. The summed E-state index contributed by atoms with van der Waals surface area (Å²) < 4.78 is 11.0. The minimum atomic E-state index is -0.640. The molecule has 0 aliphatic rings. The molecule has 2 aromatic carbocycles.